The quantitative estimate of drug-likeness (QED) is 0.838. The number of carbonyl (C=O) groups excluding carboxylic acids is 1. The molecule has 5 heteroatoms. The number of amides is 1. The van der Waals surface area contributed by atoms with Crippen molar-refractivity contribution in [3.05, 3.63) is 35.8 Å². The van der Waals surface area contributed by atoms with Gasteiger partial charge in [-0.25, -0.2) is 4.39 Å². The highest BCUT2D eigenvalue weighted by Gasteiger charge is 2.28. The van der Waals surface area contributed by atoms with Crippen molar-refractivity contribution in [3.63, 3.8) is 0 Å². The van der Waals surface area contributed by atoms with Gasteiger partial charge in [0.05, 0.1) is 6.10 Å². The molecule has 1 aliphatic heterocycles. The van der Waals surface area contributed by atoms with Crippen LogP contribution in [0.5, 0.6) is 0 Å². The third kappa shape index (κ3) is 2.18. The number of rotatable bonds is 1. The molecule has 2 N–H and O–H groups in total. The highest BCUT2D eigenvalue weighted by Crippen LogP contribution is 2.22. The van der Waals surface area contributed by atoms with Gasteiger partial charge in [0, 0.05) is 24.0 Å². The molecule has 1 amide bonds. The summed E-state index contributed by atoms with van der Waals surface area (Å²) < 4.78 is 13.6. The third-order valence-corrected chi connectivity index (χ3v) is 4.05. The van der Waals surface area contributed by atoms with Crippen LogP contribution in [0.2, 0.25) is 0 Å². The SMILES string of the molecule is CC1CCN(C(=O)c2cc3c(F)cccc3[nH]2)CC1O. The number of nitrogens with zero attached hydrogens (tertiary/aromatic N) is 1. The highest BCUT2D eigenvalue weighted by molar-refractivity contribution is 5.98. The van der Waals surface area contributed by atoms with Crippen LogP contribution < -0.4 is 0 Å². The Morgan fingerprint density at radius 1 is 1.50 bits per heavy atom. The Labute approximate surface area is 116 Å². The first-order valence-electron chi connectivity index (χ1n) is 6.81. The number of β-amino-alcohol motifs (C(OH)–C–C–N with tert-alkyl or cyclic N) is 1. The van der Waals surface area contributed by atoms with Crippen LogP contribution in [0.25, 0.3) is 10.9 Å². The molecule has 2 unspecified atom stereocenters. The van der Waals surface area contributed by atoms with E-state index < -0.39 is 6.10 Å². The number of H-pyrrole nitrogens is 1. The lowest BCUT2D eigenvalue weighted by Gasteiger charge is -2.34. The number of aliphatic hydroxyl groups excluding tert-OH is 1. The summed E-state index contributed by atoms with van der Waals surface area (Å²) in [7, 11) is 0. The van der Waals surface area contributed by atoms with Gasteiger partial charge in [-0.05, 0) is 30.5 Å². The van der Waals surface area contributed by atoms with E-state index in [0.29, 0.717) is 29.7 Å². The van der Waals surface area contributed by atoms with E-state index in [4.69, 9.17) is 0 Å². The van der Waals surface area contributed by atoms with Crippen LogP contribution in [0, 0.1) is 11.7 Å². The van der Waals surface area contributed by atoms with Gasteiger partial charge in [0.25, 0.3) is 5.91 Å². The largest absolute Gasteiger partial charge is 0.391 e. The molecule has 1 aromatic heterocycles. The molecule has 2 atom stereocenters. The number of carbonyl (C=O) groups is 1. The standard InChI is InChI=1S/C15H17FN2O2/c1-9-5-6-18(8-14(9)19)15(20)13-7-10-11(16)3-2-4-12(10)17-13/h2-4,7,9,14,17,19H,5-6,8H2,1H3. The molecule has 3 rings (SSSR count). The summed E-state index contributed by atoms with van der Waals surface area (Å²) in [5.74, 6) is -0.323. The van der Waals surface area contributed by atoms with Gasteiger partial charge in [-0.2, -0.15) is 0 Å². The van der Waals surface area contributed by atoms with Crippen molar-refractivity contribution >= 4 is 16.8 Å². The van der Waals surface area contributed by atoms with Crippen molar-refractivity contribution in [2.75, 3.05) is 13.1 Å². The second-order valence-electron chi connectivity index (χ2n) is 5.47. The molecule has 1 aliphatic rings. The van der Waals surface area contributed by atoms with E-state index in [0.717, 1.165) is 6.42 Å². The van der Waals surface area contributed by atoms with E-state index in [2.05, 4.69) is 4.98 Å². The predicted octanol–water partition coefficient (Wildman–Crippen LogP) is 2.15. The molecule has 1 aromatic carbocycles. The van der Waals surface area contributed by atoms with Crippen LogP contribution in [0.3, 0.4) is 0 Å². The zero-order valence-electron chi connectivity index (χ0n) is 11.3. The van der Waals surface area contributed by atoms with Crippen LogP contribution in [0.1, 0.15) is 23.8 Å². The van der Waals surface area contributed by atoms with Crippen LogP contribution in [0.4, 0.5) is 4.39 Å². The Morgan fingerprint density at radius 2 is 2.30 bits per heavy atom. The maximum Gasteiger partial charge on any atom is 0.270 e. The Hall–Kier alpha value is -1.88. The fourth-order valence-electron chi connectivity index (χ4n) is 2.64. The highest BCUT2D eigenvalue weighted by atomic mass is 19.1. The number of fused-ring (bicyclic) bond motifs is 1. The molecule has 20 heavy (non-hydrogen) atoms. The van der Waals surface area contributed by atoms with E-state index >= 15 is 0 Å². The minimum absolute atomic E-state index is 0.188. The number of piperidine rings is 1. The number of hydrogen-bond acceptors (Lipinski definition) is 2. The van der Waals surface area contributed by atoms with Gasteiger partial charge in [-0.1, -0.05) is 13.0 Å². The van der Waals surface area contributed by atoms with Crippen molar-refractivity contribution in [1.82, 2.24) is 9.88 Å². The minimum atomic E-state index is -0.492. The second-order valence-corrected chi connectivity index (χ2v) is 5.47. The Balaban J connectivity index is 1.87. The number of likely N-dealkylation sites (tertiary alicyclic amines) is 1. The topological polar surface area (TPSA) is 56.3 Å². The Kier molecular flexibility index (Phi) is 3.22. The summed E-state index contributed by atoms with van der Waals surface area (Å²) in [6.07, 6.45) is 0.287. The number of nitrogens with one attached hydrogen (secondary N) is 1. The molecule has 1 fully saturated rings. The van der Waals surface area contributed by atoms with E-state index in [1.165, 1.54) is 12.1 Å². The number of aliphatic hydroxyl groups is 1. The second kappa shape index (κ2) is 4.90. The predicted molar refractivity (Wildman–Crippen MR) is 73.9 cm³/mol. The van der Waals surface area contributed by atoms with E-state index in [1.54, 1.807) is 17.0 Å². The van der Waals surface area contributed by atoms with Crippen molar-refractivity contribution < 1.29 is 14.3 Å². The fourth-order valence-corrected chi connectivity index (χ4v) is 2.64. The van der Waals surface area contributed by atoms with Crippen LogP contribution in [0.15, 0.2) is 24.3 Å². The molecule has 2 aromatic rings. The van der Waals surface area contributed by atoms with Gasteiger partial charge in [0.1, 0.15) is 11.5 Å². The zero-order valence-corrected chi connectivity index (χ0v) is 11.3. The summed E-state index contributed by atoms with van der Waals surface area (Å²) in [4.78, 5) is 17.0. The normalized spacial score (nSPS) is 23.2. The lowest BCUT2D eigenvalue weighted by atomic mass is 9.96. The Morgan fingerprint density at radius 3 is 3.00 bits per heavy atom. The monoisotopic (exact) mass is 276 g/mol. The molecule has 0 spiro atoms. The third-order valence-electron chi connectivity index (χ3n) is 4.05. The number of benzene rings is 1. The first-order valence-corrected chi connectivity index (χ1v) is 6.81. The Bertz CT molecular complexity index is 652. The molecule has 0 aliphatic carbocycles. The maximum absolute atomic E-state index is 13.6. The number of halogens is 1. The number of aromatic nitrogens is 1. The molecule has 106 valence electrons. The zero-order chi connectivity index (χ0) is 14.3. The van der Waals surface area contributed by atoms with Crippen molar-refractivity contribution in [1.29, 1.82) is 0 Å². The van der Waals surface area contributed by atoms with Gasteiger partial charge in [-0.15, -0.1) is 0 Å². The number of hydrogen-bond donors (Lipinski definition) is 2. The average Bonchev–Trinajstić information content (AvgIpc) is 2.86. The summed E-state index contributed by atoms with van der Waals surface area (Å²) in [5, 5.41) is 10.3. The molecule has 2 heterocycles. The first-order chi connectivity index (χ1) is 9.56. The lowest BCUT2D eigenvalue weighted by molar-refractivity contribution is 0.0246. The summed E-state index contributed by atoms with van der Waals surface area (Å²) in [6.45, 7) is 2.93. The van der Waals surface area contributed by atoms with Crippen LogP contribution in [-0.4, -0.2) is 40.1 Å². The van der Waals surface area contributed by atoms with Gasteiger partial charge in [0.15, 0.2) is 0 Å². The molecular formula is C15H17FN2O2. The molecular weight excluding hydrogens is 259 g/mol. The molecule has 0 bridgehead atoms. The van der Waals surface area contributed by atoms with E-state index in [-0.39, 0.29) is 17.6 Å². The summed E-state index contributed by atoms with van der Waals surface area (Å²) >= 11 is 0. The average molecular weight is 276 g/mol. The van der Waals surface area contributed by atoms with Gasteiger partial charge >= 0.3 is 0 Å². The fraction of sp³-hybridized carbons (Fsp3) is 0.400. The minimum Gasteiger partial charge on any atom is -0.391 e. The van der Waals surface area contributed by atoms with E-state index in [9.17, 15) is 14.3 Å². The smallest absolute Gasteiger partial charge is 0.270 e. The first kappa shape index (κ1) is 13.1. The molecule has 0 saturated carbocycles. The molecule has 4 nitrogen and oxygen atoms in total. The van der Waals surface area contributed by atoms with Gasteiger partial charge < -0.3 is 15.0 Å². The van der Waals surface area contributed by atoms with Crippen molar-refractivity contribution in [2.24, 2.45) is 5.92 Å². The summed E-state index contributed by atoms with van der Waals surface area (Å²) in [6, 6.07) is 6.26. The molecule has 1 saturated heterocycles. The van der Waals surface area contributed by atoms with Gasteiger partial charge in [-0.3, -0.25) is 4.79 Å². The van der Waals surface area contributed by atoms with Crippen LogP contribution >= 0.6 is 0 Å². The van der Waals surface area contributed by atoms with Crippen molar-refractivity contribution in [3.8, 4) is 0 Å². The van der Waals surface area contributed by atoms with Crippen molar-refractivity contribution in [2.45, 2.75) is 19.4 Å². The summed E-state index contributed by atoms with van der Waals surface area (Å²) in [5.41, 5.74) is 0.978. The maximum atomic E-state index is 13.6. The lowest BCUT2D eigenvalue weighted by Crippen LogP contribution is -2.45. The van der Waals surface area contributed by atoms with Gasteiger partial charge in [0.2, 0.25) is 0 Å². The number of aromatic amines is 1. The molecule has 0 radical (unpaired) electrons. The van der Waals surface area contributed by atoms with Crippen LogP contribution in [-0.2, 0) is 0 Å². The van der Waals surface area contributed by atoms with E-state index in [1.807, 2.05) is 6.92 Å².